The molecule has 0 unspecified atom stereocenters. The van der Waals surface area contributed by atoms with Crippen molar-refractivity contribution in [2.24, 2.45) is 0 Å². The average molecular weight is 710 g/mol. The number of carbonyl (C=O) groups excluding carboxylic acids is 1. The molecule has 14 nitrogen and oxygen atoms in total. The minimum atomic E-state index is -1.43. The standard InChI is InChI=1S/C38H39N5O9/c1-5-20-49-34-30-33(40-36(41-34)42-37(46)50-21-6-2)43(23-39-30)35-32(45)31(44)29(52-35)22-51-38(24-10-8-7-9-11-24,25-12-16-27(47-3)17-13-25)26-14-18-28(48-4)19-15-26/h5-19,23,29,31-32,35,44-45H,1-2,20-22H2,3-4H3,(H,40,41,42,46)/t29-,31-,32-,35-/m1/s1. The summed E-state index contributed by atoms with van der Waals surface area (Å²) in [6.07, 6.45) is -1.49. The summed E-state index contributed by atoms with van der Waals surface area (Å²) < 4.78 is 36.3. The number of nitrogens with one attached hydrogen (secondary N) is 1. The Kier molecular flexibility index (Phi) is 11.1. The number of aromatic nitrogens is 4. The molecule has 0 aliphatic carbocycles. The van der Waals surface area contributed by atoms with Crippen LogP contribution in [0.4, 0.5) is 10.7 Å². The van der Waals surface area contributed by atoms with Gasteiger partial charge in [0.1, 0.15) is 48.6 Å². The molecule has 5 aromatic rings. The van der Waals surface area contributed by atoms with Crippen molar-refractivity contribution in [3.05, 3.63) is 127 Å². The third-order valence-electron chi connectivity index (χ3n) is 8.52. The number of rotatable bonds is 15. The maximum absolute atomic E-state index is 12.3. The SMILES string of the molecule is C=CCOC(=O)Nc1nc(OCC=C)c2ncn([C@@H]3O[C@H](COC(c4ccccc4)(c4ccc(OC)cc4)c4ccc(OC)cc4)[C@@H](O)[C@H]3O)c2n1. The molecule has 6 rings (SSSR count). The maximum Gasteiger partial charge on any atom is 0.414 e. The molecule has 1 saturated heterocycles. The van der Waals surface area contributed by atoms with Crippen molar-refractivity contribution in [1.29, 1.82) is 0 Å². The molecule has 1 aliphatic heterocycles. The highest BCUT2D eigenvalue weighted by molar-refractivity contribution is 5.85. The number of carbonyl (C=O) groups is 1. The van der Waals surface area contributed by atoms with E-state index in [0.717, 1.165) is 16.7 Å². The van der Waals surface area contributed by atoms with Crippen LogP contribution in [0.2, 0.25) is 0 Å². The quantitative estimate of drug-likeness (QED) is 0.101. The highest BCUT2D eigenvalue weighted by Gasteiger charge is 2.47. The van der Waals surface area contributed by atoms with Crippen LogP contribution >= 0.6 is 0 Å². The molecular formula is C38H39N5O9. The molecule has 52 heavy (non-hydrogen) atoms. The number of fused-ring (bicyclic) bond motifs is 1. The van der Waals surface area contributed by atoms with Crippen molar-refractivity contribution in [3.8, 4) is 17.4 Å². The van der Waals surface area contributed by atoms with Crippen LogP contribution in [-0.2, 0) is 19.8 Å². The third kappa shape index (κ3) is 7.18. The van der Waals surface area contributed by atoms with Gasteiger partial charge in [0.15, 0.2) is 17.4 Å². The molecule has 14 heteroatoms. The second-order valence-electron chi connectivity index (χ2n) is 11.6. The predicted octanol–water partition coefficient (Wildman–Crippen LogP) is 4.77. The van der Waals surface area contributed by atoms with E-state index in [4.69, 9.17) is 28.4 Å². The highest BCUT2D eigenvalue weighted by atomic mass is 16.6. The number of methoxy groups -OCH3 is 2. The van der Waals surface area contributed by atoms with E-state index < -0.39 is 36.2 Å². The lowest BCUT2D eigenvalue weighted by molar-refractivity contribution is -0.0942. The number of hydrogen-bond donors (Lipinski definition) is 3. The Morgan fingerprint density at radius 2 is 1.50 bits per heavy atom. The van der Waals surface area contributed by atoms with Crippen LogP contribution in [0.1, 0.15) is 22.9 Å². The molecule has 0 bridgehead atoms. The van der Waals surface area contributed by atoms with Crippen molar-refractivity contribution in [2.75, 3.05) is 39.4 Å². The van der Waals surface area contributed by atoms with Crippen LogP contribution < -0.4 is 19.5 Å². The van der Waals surface area contributed by atoms with Crippen molar-refractivity contribution < 1.29 is 43.4 Å². The van der Waals surface area contributed by atoms with E-state index >= 15 is 0 Å². The number of anilines is 1. The molecule has 270 valence electrons. The molecule has 4 atom stereocenters. The van der Waals surface area contributed by atoms with E-state index in [1.54, 1.807) is 14.2 Å². The molecule has 1 fully saturated rings. The first-order chi connectivity index (χ1) is 25.3. The summed E-state index contributed by atoms with van der Waals surface area (Å²) in [6.45, 7) is 7.10. The molecule has 1 aliphatic rings. The number of hydrogen-bond acceptors (Lipinski definition) is 12. The zero-order chi connectivity index (χ0) is 36.7. The van der Waals surface area contributed by atoms with E-state index in [1.807, 2.05) is 78.9 Å². The summed E-state index contributed by atoms with van der Waals surface area (Å²) in [5.41, 5.74) is 1.56. The maximum atomic E-state index is 12.3. The Hall–Kier alpha value is -5.80. The lowest BCUT2D eigenvalue weighted by Gasteiger charge is -2.37. The Morgan fingerprint density at radius 3 is 2.10 bits per heavy atom. The molecule has 0 spiro atoms. The van der Waals surface area contributed by atoms with Crippen LogP contribution in [0.3, 0.4) is 0 Å². The van der Waals surface area contributed by atoms with Crippen molar-refractivity contribution in [3.63, 3.8) is 0 Å². The normalized spacial score (nSPS) is 18.5. The Balaban J connectivity index is 1.35. The average Bonchev–Trinajstić information content (AvgIpc) is 3.73. The largest absolute Gasteiger partial charge is 0.497 e. The minimum absolute atomic E-state index is 0.0300. The summed E-state index contributed by atoms with van der Waals surface area (Å²) in [5.74, 6) is 1.23. The number of nitrogens with zero attached hydrogens (tertiary/aromatic N) is 4. The van der Waals surface area contributed by atoms with Crippen LogP contribution in [0.15, 0.2) is 111 Å². The minimum Gasteiger partial charge on any atom is -0.497 e. The predicted molar refractivity (Wildman–Crippen MR) is 190 cm³/mol. The Bertz CT molecular complexity index is 1940. The van der Waals surface area contributed by atoms with E-state index in [0.29, 0.717) is 11.5 Å². The first-order valence-corrected chi connectivity index (χ1v) is 16.4. The summed E-state index contributed by atoms with van der Waals surface area (Å²) in [4.78, 5) is 25.4. The summed E-state index contributed by atoms with van der Waals surface area (Å²) in [5, 5.41) is 25.2. The van der Waals surface area contributed by atoms with Crippen LogP contribution in [0.25, 0.3) is 11.2 Å². The van der Waals surface area contributed by atoms with Gasteiger partial charge in [-0.3, -0.25) is 9.88 Å². The summed E-state index contributed by atoms with van der Waals surface area (Å²) in [6, 6.07) is 24.7. The van der Waals surface area contributed by atoms with Gasteiger partial charge in [-0.2, -0.15) is 9.97 Å². The van der Waals surface area contributed by atoms with Gasteiger partial charge in [0, 0.05) is 0 Å². The van der Waals surface area contributed by atoms with Crippen molar-refractivity contribution >= 4 is 23.2 Å². The van der Waals surface area contributed by atoms with Crippen molar-refractivity contribution in [2.45, 2.75) is 30.1 Å². The highest BCUT2D eigenvalue weighted by Crippen LogP contribution is 2.43. The van der Waals surface area contributed by atoms with Gasteiger partial charge >= 0.3 is 6.09 Å². The third-order valence-corrected chi connectivity index (χ3v) is 8.52. The first-order valence-electron chi connectivity index (χ1n) is 16.4. The van der Waals surface area contributed by atoms with E-state index in [-0.39, 0.29) is 42.8 Å². The fourth-order valence-electron chi connectivity index (χ4n) is 6.01. The van der Waals surface area contributed by atoms with Crippen LogP contribution in [0, 0.1) is 0 Å². The number of ether oxygens (including phenoxy) is 6. The fraction of sp³-hybridized carbons (Fsp3) is 0.263. The zero-order valence-corrected chi connectivity index (χ0v) is 28.6. The van der Waals surface area contributed by atoms with E-state index in [2.05, 4.69) is 33.4 Å². The zero-order valence-electron chi connectivity index (χ0n) is 28.6. The van der Waals surface area contributed by atoms with Gasteiger partial charge in [0.05, 0.1) is 27.2 Å². The summed E-state index contributed by atoms with van der Waals surface area (Å²) >= 11 is 0. The lowest BCUT2D eigenvalue weighted by Crippen LogP contribution is -2.39. The lowest BCUT2D eigenvalue weighted by atomic mass is 9.80. The van der Waals surface area contributed by atoms with Gasteiger partial charge in [0.2, 0.25) is 11.8 Å². The number of benzene rings is 3. The number of imidazole rings is 1. The topological polar surface area (TPSA) is 169 Å². The molecular weight excluding hydrogens is 670 g/mol. The second kappa shape index (κ2) is 16.0. The Labute approximate surface area is 299 Å². The van der Waals surface area contributed by atoms with Gasteiger partial charge in [0.25, 0.3) is 0 Å². The molecule has 0 radical (unpaired) electrons. The fourth-order valence-corrected chi connectivity index (χ4v) is 6.01. The molecule has 0 saturated carbocycles. The van der Waals surface area contributed by atoms with E-state index in [1.165, 1.54) is 23.0 Å². The Morgan fingerprint density at radius 1 is 0.885 bits per heavy atom. The summed E-state index contributed by atoms with van der Waals surface area (Å²) in [7, 11) is 3.19. The monoisotopic (exact) mass is 709 g/mol. The molecule has 3 heterocycles. The smallest absolute Gasteiger partial charge is 0.414 e. The van der Waals surface area contributed by atoms with Crippen LogP contribution in [-0.4, -0.2) is 88.2 Å². The van der Waals surface area contributed by atoms with E-state index in [9.17, 15) is 15.0 Å². The second-order valence-corrected chi connectivity index (χ2v) is 11.6. The molecule has 2 aromatic heterocycles. The van der Waals surface area contributed by atoms with Gasteiger partial charge in [-0.1, -0.05) is 79.9 Å². The first kappa shape index (κ1) is 36.0. The van der Waals surface area contributed by atoms with Gasteiger partial charge in [-0.25, -0.2) is 9.78 Å². The molecule has 3 N–H and O–H groups in total. The van der Waals surface area contributed by atoms with Gasteiger partial charge in [-0.05, 0) is 41.0 Å². The van der Waals surface area contributed by atoms with Gasteiger partial charge in [-0.15, -0.1) is 0 Å². The van der Waals surface area contributed by atoms with Crippen molar-refractivity contribution in [1.82, 2.24) is 19.5 Å². The number of amides is 1. The van der Waals surface area contributed by atoms with Crippen LogP contribution in [0.5, 0.6) is 17.4 Å². The molecule has 3 aromatic carbocycles. The molecule has 1 amide bonds. The number of aliphatic hydroxyl groups is 2. The number of aliphatic hydroxyl groups excluding tert-OH is 2. The van der Waals surface area contributed by atoms with Gasteiger partial charge < -0.3 is 38.6 Å².